The van der Waals surface area contributed by atoms with Crippen LogP contribution in [0.4, 0.5) is 5.69 Å². The number of rotatable bonds is 5. The summed E-state index contributed by atoms with van der Waals surface area (Å²) in [7, 11) is 3.11. The van der Waals surface area contributed by atoms with Crippen LogP contribution in [0, 0.1) is 0 Å². The quantitative estimate of drug-likeness (QED) is 0.384. The van der Waals surface area contributed by atoms with Gasteiger partial charge in [-0.3, -0.25) is 4.79 Å². The number of carbonyl (C=O) groups excluding carboxylic acids is 1. The Labute approximate surface area is 135 Å². The maximum absolute atomic E-state index is 12.1. The van der Waals surface area contributed by atoms with Gasteiger partial charge < -0.3 is 15.2 Å². The Morgan fingerprint density at radius 1 is 1.14 bits per heavy atom. The summed E-state index contributed by atoms with van der Waals surface area (Å²) < 4.78 is 10.5. The Morgan fingerprint density at radius 2 is 1.82 bits per heavy atom. The summed E-state index contributed by atoms with van der Waals surface area (Å²) in [5, 5.41) is 0. The first-order valence-corrected chi connectivity index (χ1v) is 7.03. The average molecular weight is 315 g/mol. The SMILES string of the molecule is COc1cc(/C=C/C(=O)c2ccc(N)cc2)cc(S)c1OC. The third kappa shape index (κ3) is 3.62. The molecule has 4 nitrogen and oxygen atoms in total. The molecular formula is C17H17NO3S. The number of hydrogen-bond donors (Lipinski definition) is 2. The summed E-state index contributed by atoms with van der Waals surface area (Å²) >= 11 is 4.36. The highest BCUT2D eigenvalue weighted by molar-refractivity contribution is 7.80. The molecule has 2 N–H and O–H groups in total. The van der Waals surface area contributed by atoms with Crippen molar-refractivity contribution in [1.82, 2.24) is 0 Å². The third-order valence-corrected chi connectivity index (χ3v) is 3.44. The van der Waals surface area contributed by atoms with Crippen LogP contribution in [0.3, 0.4) is 0 Å². The van der Waals surface area contributed by atoms with Gasteiger partial charge in [-0.15, -0.1) is 12.6 Å². The Bertz CT molecular complexity index is 709. The molecule has 0 aliphatic heterocycles. The lowest BCUT2D eigenvalue weighted by Crippen LogP contribution is -1.95. The van der Waals surface area contributed by atoms with Crippen LogP contribution in [0.25, 0.3) is 6.08 Å². The molecule has 0 aliphatic carbocycles. The summed E-state index contributed by atoms with van der Waals surface area (Å²) in [5.41, 5.74) is 7.61. The number of carbonyl (C=O) groups is 1. The maximum atomic E-state index is 12.1. The highest BCUT2D eigenvalue weighted by atomic mass is 32.1. The Hall–Kier alpha value is -2.40. The molecule has 22 heavy (non-hydrogen) atoms. The fraction of sp³-hybridized carbons (Fsp3) is 0.118. The van der Waals surface area contributed by atoms with Crippen molar-refractivity contribution < 1.29 is 14.3 Å². The van der Waals surface area contributed by atoms with E-state index in [0.29, 0.717) is 27.6 Å². The van der Waals surface area contributed by atoms with Crippen LogP contribution in [0.1, 0.15) is 15.9 Å². The lowest BCUT2D eigenvalue weighted by atomic mass is 10.1. The second-order valence-corrected chi connectivity index (χ2v) is 5.08. The summed E-state index contributed by atoms with van der Waals surface area (Å²) in [4.78, 5) is 12.7. The Morgan fingerprint density at radius 3 is 2.41 bits per heavy atom. The van der Waals surface area contributed by atoms with Crippen LogP contribution in [0.2, 0.25) is 0 Å². The molecule has 0 unspecified atom stereocenters. The first kappa shape index (κ1) is 16.0. The predicted octanol–water partition coefficient (Wildman–Crippen LogP) is 3.47. The number of nitrogens with two attached hydrogens (primary N) is 1. The van der Waals surface area contributed by atoms with E-state index in [1.54, 1.807) is 56.7 Å². The normalized spacial score (nSPS) is 10.7. The van der Waals surface area contributed by atoms with Gasteiger partial charge in [0.15, 0.2) is 17.3 Å². The van der Waals surface area contributed by atoms with Crippen LogP contribution in [0.15, 0.2) is 47.4 Å². The lowest BCUT2D eigenvalue weighted by Gasteiger charge is -2.10. The number of nitrogen functional groups attached to an aromatic ring is 1. The first-order valence-electron chi connectivity index (χ1n) is 6.58. The van der Waals surface area contributed by atoms with Gasteiger partial charge in [0.1, 0.15) is 0 Å². The summed E-state index contributed by atoms with van der Waals surface area (Å²) in [5.74, 6) is 1.03. The molecule has 0 saturated heterocycles. The van der Waals surface area contributed by atoms with Crippen LogP contribution < -0.4 is 15.2 Å². The zero-order chi connectivity index (χ0) is 16.1. The number of thiol groups is 1. The van der Waals surface area contributed by atoms with Crippen molar-refractivity contribution in [1.29, 1.82) is 0 Å². The summed E-state index contributed by atoms with van der Waals surface area (Å²) in [6.45, 7) is 0. The van der Waals surface area contributed by atoms with Crippen LogP contribution in [-0.4, -0.2) is 20.0 Å². The molecule has 0 aromatic heterocycles. The third-order valence-electron chi connectivity index (χ3n) is 3.10. The first-order chi connectivity index (χ1) is 10.5. The Balaban J connectivity index is 2.24. The summed E-state index contributed by atoms with van der Waals surface area (Å²) in [6.07, 6.45) is 3.21. The number of ether oxygens (including phenoxy) is 2. The van der Waals surface area contributed by atoms with Gasteiger partial charge in [-0.25, -0.2) is 0 Å². The topological polar surface area (TPSA) is 61.5 Å². The highest BCUT2D eigenvalue weighted by Crippen LogP contribution is 2.35. The number of ketones is 1. The minimum absolute atomic E-state index is 0.101. The Kier molecular flexibility index (Phi) is 5.12. The van der Waals surface area contributed by atoms with Crippen molar-refractivity contribution >= 4 is 30.2 Å². The van der Waals surface area contributed by atoms with E-state index in [9.17, 15) is 4.79 Å². The molecule has 0 radical (unpaired) electrons. The van der Waals surface area contributed by atoms with Gasteiger partial charge in [-0.2, -0.15) is 0 Å². The largest absolute Gasteiger partial charge is 0.493 e. The molecule has 0 heterocycles. The van der Waals surface area contributed by atoms with Crippen molar-refractivity contribution in [3.63, 3.8) is 0 Å². The van der Waals surface area contributed by atoms with Crippen molar-refractivity contribution in [2.45, 2.75) is 4.90 Å². The number of allylic oxidation sites excluding steroid dienone is 1. The van der Waals surface area contributed by atoms with E-state index in [0.717, 1.165) is 5.56 Å². The van der Waals surface area contributed by atoms with E-state index < -0.39 is 0 Å². The summed E-state index contributed by atoms with van der Waals surface area (Å²) in [6, 6.07) is 10.4. The zero-order valence-corrected chi connectivity index (χ0v) is 13.3. The molecule has 0 atom stereocenters. The highest BCUT2D eigenvalue weighted by Gasteiger charge is 2.09. The molecule has 5 heteroatoms. The van der Waals surface area contributed by atoms with E-state index in [4.69, 9.17) is 15.2 Å². The molecule has 114 valence electrons. The lowest BCUT2D eigenvalue weighted by molar-refractivity contribution is 0.104. The van der Waals surface area contributed by atoms with Gasteiger partial charge in [-0.05, 0) is 48.0 Å². The van der Waals surface area contributed by atoms with Gasteiger partial charge in [0, 0.05) is 11.3 Å². The molecule has 0 amide bonds. The molecule has 2 aromatic rings. The van der Waals surface area contributed by atoms with Gasteiger partial charge in [0.25, 0.3) is 0 Å². The van der Waals surface area contributed by atoms with Gasteiger partial charge in [0.05, 0.1) is 19.1 Å². The van der Waals surface area contributed by atoms with E-state index >= 15 is 0 Å². The monoisotopic (exact) mass is 315 g/mol. The van der Waals surface area contributed by atoms with Gasteiger partial charge >= 0.3 is 0 Å². The van der Waals surface area contributed by atoms with E-state index in [1.807, 2.05) is 0 Å². The van der Waals surface area contributed by atoms with E-state index in [-0.39, 0.29) is 5.78 Å². The van der Waals surface area contributed by atoms with E-state index in [2.05, 4.69) is 12.6 Å². The smallest absolute Gasteiger partial charge is 0.185 e. The fourth-order valence-electron chi connectivity index (χ4n) is 1.98. The van der Waals surface area contributed by atoms with Crippen LogP contribution in [-0.2, 0) is 0 Å². The average Bonchev–Trinajstić information content (AvgIpc) is 2.52. The second-order valence-electron chi connectivity index (χ2n) is 4.60. The molecular weight excluding hydrogens is 298 g/mol. The molecule has 0 fully saturated rings. The fourth-order valence-corrected chi connectivity index (χ4v) is 2.33. The second kappa shape index (κ2) is 7.04. The standard InChI is InChI=1S/C17H17NO3S/c1-20-15-9-11(10-16(22)17(15)21-2)3-8-14(19)12-4-6-13(18)7-5-12/h3-10,22H,18H2,1-2H3/b8-3+. The minimum atomic E-state index is -0.101. The molecule has 0 saturated carbocycles. The van der Waals surface area contributed by atoms with Gasteiger partial charge in [0.2, 0.25) is 0 Å². The zero-order valence-electron chi connectivity index (χ0n) is 12.4. The maximum Gasteiger partial charge on any atom is 0.185 e. The van der Waals surface area contributed by atoms with Crippen molar-refractivity contribution in [2.24, 2.45) is 0 Å². The van der Waals surface area contributed by atoms with Gasteiger partial charge in [-0.1, -0.05) is 6.08 Å². The van der Waals surface area contributed by atoms with Crippen LogP contribution >= 0.6 is 12.6 Å². The number of hydrogen-bond acceptors (Lipinski definition) is 5. The molecule has 2 rings (SSSR count). The predicted molar refractivity (Wildman–Crippen MR) is 91.0 cm³/mol. The van der Waals surface area contributed by atoms with Crippen molar-refractivity contribution in [3.05, 3.63) is 53.6 Å². The molecule has 0 bridgehead atoms. The van der Waals surface area contributed by atoms with Crippen molar-refractivity contribution in [2.75, 3.05) is 20.0 Å². The van der Waals surface area contributed by atoms with E-state index in [1.165, 1.54) is 6.08 Å². The molecule has 0 spiro atoms. The van der Waals surface area contributed by atoms with Crippen LogP contribution in [0.5, 0.6) is 11.5 Å². The number of anilines is 1. The molecule has 0 aliphatic rings. The molecule has 2 aromatic carbocycles. The van der Waals surface area contributed by atoms with Crippen molar-refractivity contribution in [3.8, 4) is 11.5 Å². The number of benzene rings is 2. The minimum Gasteiger partial charge on any atom is -0.493 e. The number of methoxy groups -OCH3 is 2.